The van der Waals surface area contributed by atoms with Gasteiger partial charge in [-0.15, -0.1) is 12.4 Å². The summed E-state index contributed by atoms with van der Waals surface area (Å²) in [5.41, 5.74) is 7.30. The van der Waals surface area contributed by atoms with E-state index in [4.69, 9.17) is 10.8 Å². The molecule has 5 nitrogen and oxygen atoms in total. The Bertz CT molecular complexity index is 448. The first kappa shape index (κ1) is 12.3. The molecule has 0 spiro atoms. The van der Waals surface area contributed by atoms with Gasteiger partial charge in [0.15, 0.2) is 0 Å². The van der Waals surface area contributed by atoms with Crippen molar-refractivity contribution < 1.29 is 14.7 Å². The zero-order valence-corrected chi connectivity index (χ0v) is 9.16. The molecule has 0 unspecified atom stereocenters. The Labute approximate surface area is 98.3 Å². The summed E-state index contributed by atoms with van der Waals surface area (Å²) in [5, 5.41) is 8.61. The monoisotopic (exact) mass is 242 g/mol. The van der Waals surface area contributed by atoms with Crippen LogP contribution >= 0.6 is 12.4 Å². The normalized spacial score (nSPS) is 13.2. The van der Waals surface area contributed by atoms with Crippen LogP contribution in [0.5, 0.6) is 0 Å². The maximum Gasteiger partial charge on any atom is 0.323 e. The summed E-state index contributed by atoms with van der Waals surface area (Å²) < 4.78 is 0. The van der Waals surface area contributed by atoms with E-state index in [9.17, 15) is 9.59 Å². The number of benzene rings is 1. The summed E-state index contributed by atoms with van der Waals surface area (Å²) in [5.74, 6) is -1.32. The van der Waals surface area contributed by atoms with Crippen molar-refractivity contribution in [3.63, 3.8) is 0 Å². The third kappa shape index (κ3) is 1.94. The van der Waals surface area contributed by atoms with Crippen molar-refractivity contribution in [1.29, 1.82) is 0 Å². The maximum absolute atomic E-state index is 11.7. The number of halogens is 1. The topological polar surface area (TPSA) is 83.6 Å². The number of amides is 1. The van der Waals surface area contributed by atoms with Crippen LogP contribution in [-0.4, -0.2) is 28.4 Å². The van der Waals surface area contributed by atoms with E-state index in [-0.39, 0.29) is 24.9 Å². The summed E-state index contributed by atoms with van der Waals surface area (Å²) in [6, 6.07) is 5.18. The van der Waals surface area contributed by atoms with Crippen LogP contribution < -0.4 is 5.73 Å². The van der Waals surface area contributed by atoms with Crippen molar-refractivity contribution in [3.05, 3.63) is 29.3 Å². The third-order valence-electron chi connectivity index (χ3n) is 2.37. The Morgan fingerprint density at radius 1 is 1.50 bits per heavy atom. The Kier molecular flexibility index (Phi) is 3.39. The average Bonchev–Trinajstić information content (AvgIpc) is 2.44. The van der Waals surface area contributed by atoms with E-state index in [1.165, 1.54) is 4.90 Å². The van der Waals surface area contributed by atoms with Gasteiger partial charge in [-0.2, -0.15) is 0 Å². The molecule has 0 radical (unpaired) electrons. The van der Waals surface area contributed by atoms with Gasteiger partial charge in [-0.1, -0.05) is 12.1 Å². The molecule has 0 atom stereocenters. The molecule has 86 valence electrons. The van der Waals surface area contributed by atoms with Gasteiger partial charge in [0.25, 0.3) is 5.91 Å². The number of carboxylic acids is 1. The van der Waals surface area contributed by atoms with E-state index in [1.807, 2.05) is 0 Å². The molecule has 1 aromatic carbocycles. The number of carbonyl (C=O) groups excluding carboxylic acids is 1. The molecule has 0 aliphatic carbocycles. The van der Waals surface area contributed by atoms with Crippen molar-refractivity contribution in [2.75, 3.05) is 12.3 Å². The van der Waals surface area contributed by atoms with Gasteiger partial charge in [-0.05, 0) is 11.6 Å². The number of aliphatic carboxylic acids is 1. The number of nitrogen functional groups attached to an aromatic ring is 1. The molecule has 0 fully saturated rings. The minimum Gasteiger partial charge on any atom is -0.480 e. The van der Waals surface area contributed by atoms with Crippen molar-refractivity contribution in [2.24, 2.45) is 0 Å². The lowest BCUT2D eigenvalue weighted by Crippen LogP contribution is -2.30. The van der Waals surface area contributed by atoms with Crippen LogP contribution in [0.1, 0.15) is 15.9 Å². The predicted molar refractivity (Wildman–Crippen MR) is 60.5 cm³/mol. The summed E-state index contributed by atoms with van der Waals surface area (Å²) >= 11 is 0. The summed E-state index contributed by atoms with van der Waals surface area (Å²) in [6.45, 7) is 0.0401. The van der Waals surface area contributed by atoms with Gasteiger partial charge in [0.05, 0.1) is 5.56 Å². The summed E-state index contributed by atoms with van der Waals surface area (Å²) in [4.78, 5) is 23.5. The van der Waals surface area contributed by atoms with Crippen LogP contribution in [0.3, 0.4) is 0 Å². The smallest absolute Gasteiger partial charge is 0.323 e. The zero-order chi connectivity index (χ0) is 11.0. The minimum atomic E-state index is -1.02. The fraction of sp³-hybridized carbons (Fsp3) is 0.200. The molecular formula is C10H11ClN2O3. The second kappa shape index (κ2) is 4.40. The van der Waals surface area contributed by atoms with Gasteiger partial charge in [-0.3, -0.25) is 9.59 Å². The molecule has 0 saturated heterocycles. The van der Waals surface area contributed by atoms with Gasteiger partial charge >= 0.3 is 5.97 Å². The van der Waals surface area contributed by atoms with Crippen molar-refractivity contribution in [1.82, 2.24) is 4.90 Å². The lowest BCUT2D eigenvalue weighted by Gasteiger charge is -2.11. The van der Waals surface area contributed by atoms with Gasteiger partial charge in [0.1, 0.15) is 6.54 Å². The number of nitrogens with two attached hydrogens (primary N) is 1. The number of carbonyl (C=O) groups is 2. The number of rotatable bonds is 2. The zero-order valence-electron chi connectivity index (χ0n) is 8.34. The Balaban J connectivity index is 0.00000128. The van der Waals surface area contributed by atoms with Crippen LogP contribution in [0.15, 0.2) is 18.2 Å². The Morgan fingerprint density at radius 3 is 2.75 bits per heavy atom. The van der Waals surface area contributed by atoms with E-state index >= 15 is 0 Å². The quantitative estimate of drug-likeness (QED) is 0.749. The molecule has 1 amide bonds. The molecular weight excluding hydrogens is 232 g/mol. The Morgan fingerprint density at radius 2 is 2.19 bits per heavy atom. The maximum atomic E-state index is 11.7. The lowest BCUT2D eigenvalue weighted by molar-refractivity contribution is -0.137. The van der Waals surface area contributed by atoms with E-state index in [0.29, 0.717) is 17.8 Å². The molecule has 0 saturated carbocycles. The molecule has 1 heterocycles. The van der Waals surface area contributed by atoms with E-state index in [1.54, 1.807) is 18.2 Å². The largest absolute Gasteiger partial charge is 0.480 e. The highest BCUT2D eigenvalue weighted by atomic mass is 35.5. The molecule has 16 heavy (non-hydrogen) atoms. The van der Waals surface area contributed by atoms with Crippen LogP contribution in [0.25, 0.3) is 0 Å². The summed E-state index contributed by atoms with van der Waals surface area (Å²) in [7, 11) is 0. The molecule has 0 aromatic heterocycles. The average molecular weight is 243 g/mol. The molecule has 0 bridgehead atoms. The van der Waals surface area contributed by atoms with Crippen LogP contribution in [-0.2, 0) is 11.3 Å². The van der Waals surface area contributed by atoms with Crippen molar-refractivity contribution in [3.8, 4) is 0 Å². The highest BCUT2D eigenvalue weighted by Gasteiger charge is 2.30. The first-order valence-electron chi connectivity index (χ1n) is 4.48. The fourth-order valence-electron chi connectivity index (χ4n) is 1.74. The number of carboxylic acid groups (broad SMARTS) is 1. The summed E-state index contributed by atoms with van der Waals surface area (Å²) in [6.07, 6.45) is 0. The van der Waals surface area contributed by atoms with Gasteiger partial charge in [0.2, 0.25) is 0 Å². The molecule has 1 aliphatic rings. The van der Waals surface area contributed by atoms with Crippen LogP contribution in [0.4, 0.5) is 5.69 Å². The SMILES string of the molecule is Cl.Nc1cccc2c1C(=O)N(CC(=O)O)C2. The Hall–Kier alpha value is -1.75. The van der Waals surface area contributed by atoms with Crippen LogP contribution in [0.2, 0.25) is 0 Å². The highest BCUT2D eigenvalue weighted by Crippen LogP contribution is 2.26. The number of hydrogen-bond acceptors (Lipinski definition) is 3. The van der Waals surface area contributed by atoms with Gasteiger partial charge in [0, 0.05) is 12.2 Å². The minimum absolute atomic E-state index is 0. The third-order valence-corrected chi connectivity index (χ3v) is 2.37. The number of fused-ring (bicyclic) bond motifs is 1. The molecule has 1 aliphatic heterocycles. The molecule has 6 heteroatoms. The van der Waals surface area contributed by atoms with Gasteiger partial charge < -0.3 is 15.7 Å². The standard InChI is InChI=1S/C10H10N2O3.ClH/c11-7-3-1-2-6-4-12(5-8(13)14)10(15)9(6)7;/h1-3H,4-5,11H2,(H,13,14);1H. The number of anilines is 1. The molecule has 2 rings (SSSR count). The molecule has 1 aromatic rings. The van der Waals surface area contributed by atoms with E-state index in [2.05, 4.69) is 0 Å². The second-order valence-electron chi connectivity index (χ2n) is 3.44. The first-order chi connectivity index (χ1) is 7.09. The first-order valence-corrected chi connectivity index (χ1v) is 4.48. The van der Waals surface area contributed by atoms with E-state index in [0.717, 1.165) is 5.56 Å². The van der Waals surface area contributed by atoms with Gasteiger partial charge in [-0.25, -0.2) is 0 Å². The number of nitrogens with zero attached hydrogens (tertiary/aromatic N) is 1. The van der Waals surface area contributed by atoms with Crippen LogP contribution in [0, 0.1) is 0 Å². The van der Waals surface area contributed by atoms with Crippen molar-refractivity contribution in [2.45, 2.75) is 6.54 Å². The van der Waals surface area contributed by atoms with Crippen molar-refractivity contribution >= 4 is 30.0 Å². The predicted octanol–water partition coefficient (Wildman–Crippen LogP) is 0.731. The number of hydrogen-bond donors (Lipinski definition) is 2. The molecule has 3 N–H and O–H groups in total. The lowest BCUT2D eigenvalue weighted by atomic mass is 10.1. The fourth-order valence-corrected chi connectivity index (χ4v) is 1.74. The second-order valence-corrected chi connectivity index (χ2v) is 3.44. The highest BCUT2D eigenvalue weighted by molar-refractivity contribution is 6.04. The van der Waals surface area contributed by atoms with E-state index < -0.39 is 5.97 Å².